The van der Waals surface area contributed by atoms with Gasteiger partial charge in [-0.1, -0.05) is 0 Å². The zero-order valence-corrected chi connectivity index (χ0v) is 9.67. The van der Waals surface area contributed by atoms with Crippen molar-refractivity contribution >= 4 is 0 Å². The van der Waals surface area contributed by atoms with E-state index in [0.29, 0.717) is 5.92 Å². The molecule has 0 saturated heterocycles. The molecule has 0 radical (unpaired) electrons. The van der Waals surface area contributed by atoms with Crippen LogP contribution in [0.1, 0.15) is 32.1 Å². The van der Waals surface area contributed by atoms with Crippen LogP contribution in [0, 0.1) is 29.6 Å². The molecule has 0 unspecified atom stereocenters. The average molecular weight is 229 g/mol. The topological polar surface area (TPSA) is 12.0 Å². The molecular formula is C13H21F2N. The number of rotatable bonds is 4. The van der Waals surface area contributed by atoms with Crippen molar-refractivity contribution in [3.05, 3.63) is 0 Å². The lowest BCUT2D eigenvalue weighted by Gasteiger charge is -2.54. The van der Waals surface area contributed by atoms with E-state index in [9.17, 15) is 8.78 Å². The molecule has 4 fully saturated rings. The Morgan fingerprint density at radius 3 is 2.00 bits per heavy atom. The van der Waals surface area contributed by atoms with Gasteiger partial charge in [-0.25, -0.2) is 8.78 Å². The molecule has 0 aromatic carbocycles. The average Bonchev–Trinajstić information content (AvgIpc) is 2.20. The van der Waals surface area contributed by atoms with Crippen LogP contribution in [0.25, 0.3) is 0 Å². The molecule has 0 aliphatic heterocycles. The number of hydrogen-bond donors (Lipinski definition) is 1. The van der Waals surface area contributed by atoms with Gasteiger partial charge in [0.15, 0.2) is 0 Å². The summed E-state index contributed by atoms with van der Waals surface area (Å²) in [5.74, 6) is 4.36. The highest BCUT2D eigenvalue weighted by Gasteiger charge is 2.47. The molecule has 0 aromatic rings. The smallest absolute Gasteiger partial charge is 0.250 e. The third-order valence-electron chi connectivity index (χ3n) is 5.10. The van der Waals surface area contributed by atoms with Crippen LogP contribution >= 0.6 is 0 Å². The van der Waals surface area contributed by atoms with Crippen LogP contribution in [0.15, 0.2) is 0 Å². The summed E-state index contributed by atoms with van der Waals surface area (Å²) >= 11 is 0. The molecule has 0 aromatic heterocycles. The maximum atomic E-state index is 12.1. The summed E-state index contributed by atoms with van der Waals surface area (Å²) in [6, 6.07) is 0. The first-order valence-corrected chi connectivity index (χ1v) is 6.71. The maximum absolute atomic E-state index is 12.1. The lowest BCUT2D eigenvalue weighted by molar-refractivity contribution is -0.0364. The molecule has 16 heavy (non-hydrogen) atoms. The quantitative estimate of drug-likeness (QED) is 0.781. The molecule has 0 spiro atoms. The van der Waals surface area contributed by atoms with E-state index >= 15 is 0 Å². The fourth-order valence-electron chi connectivity index (χ4n) is 4.73. The van der Waals surface area contributed by atoms with Gasteiger partial charge in [-0.2, -0.15) is 0 Å². The Balaban J connectivity index is 1.55. The molecule has 4 saturated carbocycles. The first-order chi connectivity index (χ1) is 7.72. The minimum Gasteiger partial charge on any atom is -0.311 e. The van der Waals surface area contributed by atoms with Crippen molar-refractivity contribution in [3.8, 4) is 0 Å². The molecular weight excluding hydrogens is 208 g/mol. The summed E-state index contributed by atoms with van der Waals surface area (Å²) in [5.41, 5.74) is 0. The predicted molar refractivity (Wildman–Crippen MR) is 59.4 cm³/mol. The second-order valence-electron chi connectivity index (χ2n) is 6.14. The summed E-state index contributed by atoms with van der Waals surface area (Å²) in [7, 11) is 0. The van der Waals surface area contributed by atoms with E-state index in [1.54, 1.807) is 0 Å². The monoisotopic (exact) mass is 229 g/mol. The first-order valence-electron chi connectivity index (χ1n) is 6.71. The summed E-state index contributed by atoms with van der Waals surface area (Å²) in [5, 5.41) is 2.96. The minimum atomic E-state index is -2.20. The van der Waals surface area contributed by atoms with Crippen molar-refractivity contribution in [3.63, 3.8) is 0 Å². The number of halogens is 2. The van der Waals surface area contributed by atoms with E-state index < -0.39 is 6.43 Å². The molecule has 0 amide bonds. The Kier molecular flexibility index (Phi) is 2.90. The van der Waals surface area contributed by atoms with Crippen molar-refractivity contribution in [1.29, 1.82) is 0 Å². The van der Waals surface area contributed by atoms with E-state index in [1.807, 2.05) is 0 Å². The fourth-order valence-corrected chi connectivity index (χ4v) is 4.73. The molecule has 3 heteroatoms. The molecule has 1 N–H and O–H groups in total. The highest BCUT2D eigenvalue weighted by molar-refractivity contribution is 4.98. The van der Waals surface area contributed by atoms with Gasteiger partial charge in [-0.15, -0.1) is 0 Å². The highest BCUT2D eigenvalue weighted by atomic mass is 19.3. The van der Waals surface area contributed by atoms with E-state index in [-0.39, 0.29) is 6.54 Å². The summed E-state index contributed by atoms with van der Waals surface area (Å²) < 4.78 is 24.2. The van der Waals surface area contributed by atoms with Gasteiger partial charge in [0.2, 0.25) is 0 Å². The maximum Gasteiger partial charge on any atom is 0.250 e. The Bertz CT molecular complexity index is 226. The first kappa shape index (κ1) is 10.9. The third kappa shape index (κ3) is 1.99. The van der Waals surface area contributed by atoms with E-state index in [2.05, 4.69) is 5.32 Å². The second kappa shape index (κ2) is 4.25. The molecule has 1 nitrogen and oxygen atoms in total. The van der Waals surface area contributed by atoms with Gasteiger partial charge in [0.05, 0.1) is 6.54 Å². The van der Waals surface area contributed by atoms with Crippen LogP contribution < -0.4 is 5.32 Å². The SMILES string of the molecule is FC(F)CNCC1C2CC3CC(C2)CC1C3. The van der Waals surface area contributed by atoms with Crippen molar-refractivity contribution < 1.29 is 8.78 Å². The van der Waals surface area contributed by atoms with Crippen molar-refractivity contribution in [2.45, 2.75) is 38.5 Å². The molecule has 4 aliphatic carbocycles. The molecule has 4 bridgehead atoms. The summed E-state index contributed by atoms with van der Waals surface area (Å²) in [4.78, 5) is 0. The Labute approximate surface area is 96.0 Å². The standard InChI is InChI=1S/C13H21F2N/c14-13(15)7-16-6-12-10-2-8-1-9(4-10)5-11(12)3-8/h8-13,16H,1-7H2. The fraction of sp³-hybridized carbons (Fsp3) is 1.00. The van der Waals surface area contributed by atoms with Gasteiger partial charge in [0.25, 0.3) is 6.43 Å². The van der Waals surface area contributed by atoms with Gasteiger partial charge in [0.1, 0.15) is 0 Å². The van der Waals surface area contributed by atoms with Gasteiger partial charge < -0.3 is 5.32 Å². The van der Waals surface area contributed by atoms with Gasteiger partial charge >= 0.3 is 0 Å². The van der Waals surface area contributed by atoms with Crippen molar-refractivity contribution in [2.24, 2.45) is 29.6 Å². The molecule has 0 atom stereocenters. The normalized spacial score (nSPS) is 45.6. The lowest BCUT2D eigenvalue weighted by atomic mass is 9.52. The third-order valence-corrected chi connectivity index (χ3v) is 5.10. The van der Waals surface area contributed by atoms with Crippen LogP contribution in [-0.2, 0) is 0 Å². The van der Waals surface area contributed by atoms with Gasteiger partial charge in [0, 0.05) is 0 Å². The van der Waals surface area contributed by atoms with Gasteiger partial charge in [-0.05, 0) is 68.2 Å². The molecule has 4 aliphatic rings. The zero-order valence-electron chi connectivity index (χ0n) is 9.67. The Morgan fingerprint density at radius 1 is 0.938 bits per heavy atom. The van der Waals surface area contributed by atoms with E-state index in [1.165, 1.54) is 32.1 Å². The summed E-state index contributed by atoms with van der Waals surface area (Å²) in [6.07, 6.45) is 4.80. The molecule has 0 heterocycles. The lowest BCUT2D eigenvalue weighted by Crippen LogP contribution is -2.48. The predicted octanol–water partition coefficient (Wildman–Crippen LogP) is 2.91. The van der Waals surface area contributed by atoms with Crippen LogP contribution in [0.4, 0.5) is 8.78 Å². The van der Waals surface area contributed by atoms with Crippen LogP contribution in [0.2, 0.25) is 0 Å². The highest BCUT2D eigenvalue weighted by Crippen LogP contribution is 2.56. The van der Waals surface area contributed by atoms with Crippen molar-refractivity contribution in [2.75, 3.05) is 13.1 Å². The van der Waals surface area contributed by atoms with Crippen LogP contribution in [0.5, 0.6) is 0 Å². The number of alkyl halides is 2. The van der Waals surface area contributed by atoms with Crippen LogP contribution in [-0.4, -0.2) is 19.5 Å². The Morgan fingerprint density at radius 2 is 1.50 bits per heavy atom. The minimum absolute atomic E-state index is 0.122. The number of nitrogens with one attached hydrogen (secondary N) is 1. The van der Waals surface area contributed by atoms with Gasteiger partial charge in [-0.3, -0.25) is 0 Å². The summed E-state index contributed by atoms with van der Waals surface area (Å²) in [6.45, 7) is 0.710. The number of hydrogen-bond acceptors (Lipinski definition) is 1. The molecule has 4 rings (SSSR count). The largest absolute Gasteiger partial charge is 0.311 e. The van der Waals surface area contributed by atoms with E-state index in [0.717, 1.165) is 30.2 Å². The molecule has 92 valence electrons. The zero-order chi connectivity index (χ0) is 11.1. The second-order valence-corrected chi connectivity index (χ2v) is 6.14. The van der Waals surface area contributed by atoms with E-state index in [4.69, 9.17) is 0 Å². The van der Waals surface area contributed by atoms with Crippen LogP contribution in [0.3, 0.4) is 0 Å². The van der Waals surface area contributed by atoms with Crippen molar-refractivity contribution in [1.82, 2.24) is 5.32 Å². The Hall–Kier alpha value is -0.180.